The van der Waals surface area contributed by atoms with E-state index in [9.17, 15) is 13.2 Å². The number of amides is 2. The summed E-state index contributed by atoms with van der Waals surface area (Å²) in [5, 5.41) is 2.92. The number of benzene rings is 1. The smallest absolute Gasteiger partial charge is 0.317 e. The first kappa shape index (κ1) is 21.1. The molecule has 0 atom stereocenters. The molecular formula is C20H26N4O4S2. The predicted octanol–water partition coefficient (Wildman–Crippen LogP) is 1.80. The molecule has 2 aromatic rings. The second-order valence-electron chi connectivity index (χ2n) is 7.21. The minimum absolute atomic E-state index is 0.117. The van der Waals surface area contributed by atoms with Gasteiger partial charge in [-0.2, -0.15) is 4.31 Å². The van der Waals surface area contributed by atoms with Gasteiger partial charge >= 0.3 is 6.03 Å². The van der Waals surface area contributed by atoms with Gasteiger partial charge in [0.1, 0.15) is 4.21 Å². The number of piperazine rings is 1. The van der Waals surface area contributed by atoms with Gasteiger partial charge in [-0.1, -0.05) is 18.2 Å². The quantitative estimate of drug-likeness (QED) is 0.751. The molecule has 10 heteroatoms. The van der Waals surface area contributed by atoms with Crippen molar-refractivity contribution in [1.29, 1.82) is 0 Å². The molecule has 1 aromatic carbocycles. The first-order valence-corrected chi connectivity index (χ1v) is 12.3. The Morgan fingerprint density at radius 1 is 0.967 bits per heavy atom. The molecule has 162 valence electrons. The second kappa shape index (κ2) is 9.34. The molecule has 30 heavy (non-hydrogen) atoms. The fraction of sp³-hybridized carbons (Fsp3) is 0.450. The highest BCUT2D eigenvalue weighted by atomic mass is 32.2. The Bertz CT molecular complexity index is 950. The van der Waals surface area contributed by atoms with E-state index >= 15 is 0 Å². The molecule has 0 unspecified atom stereocenters. The standard InChI is InChI=1S/C20H26N4O4S2/c25-20(23-10-8-22(9-11-23)17-4-2-1-3-5-17)21-16-18-6-7-19(29-18)30(26,27)24-12-14-28-15-13-24/h1-7H,8-16H2,(H,21,25). The summed E-state index contributed by atoms with van der Waals surface area (Å²) in [5.74, 6) is 0. The van der Waals surface area contributed by atoms with Crippen LogP contribution in [0.1, 0.15) is 4.88 Å². The number of thiophene rings is 1. The molecule has 0 aliphatic carbocycles. The van der Waals surface area contributed by atoms with Crippen LogP contribution in [0.15, 0.2) is 46.7 Å². The second-order valence-corrected chi connectivity index (χ2v) is 10.5. The number of urea groups is 1. The van der Waals surface area contributed by atoms with Crippen LogP contribution < -0.4 is 10.2 Å². The average Bonchev–Trinajstić information content (AvgIpc) is 3.29. The third-order valence-corrected chi connectivity index (χ3v) is 8.75. The van der Waals surface area contributed by atoms with Crippen molar-refractivity contribution in [2.24, 2.45) is 0 Å². The normalized spacial score (nSPS) is 18.4. The lowest BCUT2D eigenvalue weighted by Gasteiger charge is -2.36. The van der Waals surface area contributed by atoms with Crippen molar-refractivity contribution in [3.05, 3.63) is 47.3 Å². The number of ether oxygens (including phenoxy) is 1. The molecule has 0 spiro atoms. The van der Waals surface area contributed by atoms with Crippen LogP contribution in [0.2, 0.25) is 0 Å². The third-order valence-electron chi connectivity index (χ3n) is 5.30. The van der Waals surface area contributed by atoms with Gasteiger partial charge in [0.15, 0.2) is 0 Å². The van der Waals surface area contributed by atoms with Crippen molar-refractivity contribution >= 4 is 33.1 Å². The lowest BCUT2D eigenvalue weighted by molar-refractivity contribution is 0.0731. The van der Waals surface area contributed by atoms with Crippen LogP contribution in [0, 0.1) is 0 Å². The van der Waals surface area contributed by atoms with Gasteiger partial charge in [-0.05, 0) is 24.3 Å². The highest BCUT2D eigenvalue weighted by molar-refractivity contribution is 7.91. The zero-order valence-corrected chi connectivity index (χ0v) is 18.3. The first-order chi connectivity index (χ1) is 14.5. The van der Waals surface area contributed by atoms with E-state index in [1.165, 1.54) is 21.3 Å². The van der Waals surface area contributed by atoms with Gasteiger partial charge in [0, 0.05) is 49.8 Å². The molecule has 0 saturated carbocycles. The molecule has 2 saturated heterocycles. The molecule has 0 radical (unpaired) electrons. The van der Waals surface area contributed by atoms with Crippen LogP contribution >= 0.6 is 11.3 Å². The minimum atomic E-state index is -3.49. The van der Waals surface area contributed by atoms with Crippen molar-refractivity contribution in [3.8, 4) is 0 Å². The Kier molecular flexibility index (Phi) is 6.57. The summed E-state index contributed by atoms with van der Waals surface area (Å²) in [6.45, 7) is 4.81. The van der Waals surface area contributed by atoms with Crippen molar-refractivity contribution in [1.82, 2.24) is 14.5 Å². The van der Waals surface area contributed by atoms with E-state index in [0.29, 0.717) is 50.1 Å². The van der Waals surface area contributed by atoms with E-state index in [2.05, 4.69) is 22.3 Å². The van der Waals surface area contributed by atoms with Crippen LogP contribution in [-0.2, 0) is 21.3 Å². The average molecular weight is 451 g/mol. The molecule has 2 aliphatic heterocycles. The highest BCUT2D eigenvalue weighted by Gasteiger charge is 2.28. The number of carbonyl (C=O) groups excluding carboxylic acids is 1. The molecule has 8 nitrogen and oxygen atoms in total. The summed E-state index contributed by atoms with van der Waals surface area (Å²) in [5.41, 5.74) is 1.17. The van der Waals surface area contributed by atoms with Crippen LogP contribution in [0.3, 0.4) is 0 Å². The lowest BCUT2D eigenvalue weighted by Crippen LogP contribution is -2.51. The molecule has 1 aromatic heterocycles. The molecule has 1 N–H and O–H groups in total. The maximum Gasteiger partial charge on any atom is 0.317 e. The number of anilines is 1. The van der Waals surface area contributed by atoms with E-state index in [1.807, 2.05) is 18.2 Å². The number of hydrogen-bond acceptors (Lipinski definition) is 6. The van der Waals surface area contributed by atoms with E-state index in [0.717, 1.165) is 18.0 Å². The summed E-state index contributed by atoms with van der Waals surface area (Å²) < 4.78 is 32.4. The van der Waals surface area contributed by atoms with Gasteiger partial charge in [-0.25, -0.2) is 13.2 Å². The van der Waals surface area contributed by atoms with Crippen LogP contribution in [0.5, 0.6) is 0 Å². The number of nitrogens with one attached hydrogen (secondary N) is 1. The number of nitrogens with zero attached hydrogens (tertiary/aromatic N) is 3. The third kappa shape index (κ3) is 4.77. The Morgan fingerprint density at radius 3 is 2.37 bits per heavy atom. The van der Waals surface area contributed by atoms with Crippen LogP contribution in [-0.4, -0.2) is 76.1 Å². The molecule has 2 amide bonds. The molecule has 2 fully saturated rings. The molecule has 0 bridgehead atoms. The van der Waals surface area contributed by atoms with Crippen LogP contribution in [0.25, 0.3) is 0 Å². The van der Waals surface area contributed by atoms with Gasteiger partial charge < -0.3 is 19.9 Å². The number of rotatable bonds is 5. The van der Waals surface area contributed by atoms with E-state index in [4.69, 9.17) is 4.74 Å². The zero-order chi connectivity index (χ0) is 21.0. The number of sulfonamides is 1. The van der Waals surface area contributed by atoms with Crippen molar-refractivity contribution in [2.75, 3.05) is 57.4 Å². The molecular weight excluding hydrogens is 424 g/mol. The van der Waals surface area contributed by atoms with E-state index < -0.39 is 10.0 Å². The largest absolute Gasteiger partial charge is 0.379 e. The maximum atomic E-state index is 12.7. The molecule has 2 aliphatic rings. The lowest BCUT2D eigenvalue weighted by atomic mass is 10.2. The van der Waals surface area contributed by atoms with Crippen molar-refractivity contribution in [2.45, 2.75) is 10.8 Å². The highest BCUT2D eigenvalue weighted by Crippen LogP contribution is 2.25. The molecule has 4 rings (SSSR count). The van der Waals surface area contributed by atoms with Gasteiger partial charge in [0.2, 0.25) is 0 Å². The summed E-state index contributed by atoms with van der Waals surface area (Å²) in [6, 6.07) is 13.5. The maximum absolute atomic E-state index is 12.7. The fourth-order valence-corrected chi connectivity index (χ4v) is 6.44. The van der Waals surface area contributed by atoms with Gasteiger partial charge in [0.05, 0.1) is 19.8 Å². The summed E-state index contributed by atoms with van der Waals surface area (Å²) >= 11 is 1.21. The number of hydrogen-bond donors (Lipinski definition) is 1. The Labute approximate surface area is 181 Å². The Balaban J connectivity index is 1.28. The minimum Gasteiger partial charge on any atom is -0.379 e. The monoisotopic (exact) mass is 450 g/mol. The predicted molar refractivity (Wildman–Crippen MR) is 116 cm³/mol. The van der Waals surface area contributed by atoms with E-state index in [-0.39, 0.29) is 6.03 Å². The van der Waals surface area contributed by atoms with E-state index in [1.54, 1.807) is 17.0 Å². The number of morpholine rings is 1. The van der Waals surface area contributed by atoms with Gasteiger partial charge in [0.25, 0.3) is 10.0 Å². The number of para-hydroxylation sites is 1. The topological polar surface area (TPSA) is 82.2 Å². The Hall–Kier alpha value is -2.14. The van der Waals surface area contributed by atoms with Gasteiger partial charge in [-0.15, -0.1) is 11.3 Å². The summed E-state index contributed by atoms with van der Waals surface area (Å²) in [4.78, 5) is 17.4. The van der Waals surface area contributed by atoms with Crippen molar-refractivity contribution < 1.29 is 17.9 Å². The summed E-state index contributed by atoms with van der Waals surface area (Å²) in [6.07, 6.45) is 0. The SMILES string of the molecule is O=C(NCc1ccc(S(=O)(=O)N2CCOCC2)s1)N1CCN(c2ccccc2)CC1. The van der Waals surface area contributed by atoms with Crippen LogP contribution in [0.4, 0.5) is 10.5 Å². The zero-order valence-electron chi connectivity index (χ0n) is 16.7. The Morgan fingerprint density at radius 2 is 1.67 bits per heavy atom. The summed E-state index contributed by atoms with van der Waals surface area (Å²) in [7, 11) is -3.49. The van der Waals surface area contributed by atoms with Gasteiger partial charge in [-0.3, -0.25) is 0 Å². The number of carbonyl (C=O) groups is 1. The fourth-order valence-electron chi connectivity index (χ4n) is 3.59. The van der Waals surface area contributed by atoms with Crippen molar-refractivity contribution in [3.63, 3.8) is 0 Å². The molecule has 3 heterocycles. The first-order valence-electron chi connectivity index (χ1n) is 10.0.